The van der Waals surface area contributed by atoms with Gasteiger partial charge >= 0.3 is 0 Å². The predicted molar refractivity (Wildman–Crippen MR) is 64.6 cm³/mol. The van der Waals surface area contributed by atoms with E-state index in [9.17, 15) is 0 Å². The van der Waals surface area contributed by atoms with Crippen LogP contribution in [0.3, 0.4) is 0 Å². The average Bonchev–Trinajstić information content (AvgIpc) is 2.29. The van der Waals surface area contributed by atoms with Crippen molar-refractivity contribution in [3.05, 3.63) is 12.4 Å². The summed E-state index contributed by atoms with van der Waals surface area (Å²) in [4.78, 5) is 8.16. The van der Waals surface area contributed by atoms with Crippen LogP contribution in [-0.2, 0) is 0 Å². The molecule has 1 atom stereocenters. The Morgan fingerprint density at radius 3 is 2.88 bits per heavy atom. The van der Waals surface area contributed by atoms with Gasteiger partial charge in [0.05, 0.1) is 6.61 Å². The second-order valence-corrected chi connectivity index (χ2v) is 3.50. The summed E-state index contributed by atoms with van der Waals surface area (Å²) in [6, 6.07) is 2.16. The molecule has 0 aliphatic heterocycles. The molecule has 5 heteroatoms. The molecule has 5 nitrogen and oxygen atoms in total. The van der Waals surface area contributed by atoms with Crippen molar-refractivity contribution in [1.82, 2.24) is 9.97 Å². The SMILES string of the molecule is CCOc1cc(NC(CC)CCN)ncn1. The lowest BCUT2D eigenvalue weighted by Gasteiger charge is -2.16. The minimum Gasteiger partial charge on any atom is -0.478 e. The van der Waals surface area contributed by atoms with Crippen molar-refractivity contribution in [1.29, 1.82) is 0 Å². The van der Waals surface area contributed by atoms with Gasteiger partial charge in [-0.15, -0.1) is 0 Å². The molecule has 0 spiro atoms. The zero-order chi connectivity index (χ0) is 11.8. The van der Waals surface area contributed by atoms with Crippen LogP contribution in [0.1, 0.15) is 26.7 Å². The van der Waals surface area contributed by atoms with E-state index in [-0.39, 0.29) is 0 Å². The topological polar surface area (TPSA) is 73.1 Å². The molecule has 1 heterocycles. The third-order valence-electron chi connectivity index (χ3n) is 2.29. The van der Waals surface area contributed by atoms with Crippen molar-refractivity contribution in [2.45, 2.75) is 32.7 Å². The maximum atomic E-state index is 5.54. The van der Waals surface area contributed by atoms with Gasteiger partial charge in [-0.1, -0.05) is 6.92 Å². The molecule has 0 amide bonds. The molecule has 0 radical (unpaired) electrons. The third-order valence-corrected chi connectivity index (χ3v) is 2.29. The number of ether oxygens (including phenoxy) is 1. The molecule has 1 aromatic heterocycles. The van der Waals surface area contributed by atoms with Crippen molar-refractivity contribution in [3.63, 3.8) is 0 Å². The van der Waals surface area contributed by atoms with Gasteiger partial charge in [0.2, 0.25) is 5.88 Å². The predicted octanol–water partition coefficient (Wildman–Crippen LogP) is 1.41. The van der Waals surface area contributed by atoms with Gasteiger partial charge in [0, 0.05) is 12.1 Å². The van der Waals surface area contributed by atoms with Gasteiger partial charge in [0.1, 0.15) is 12.1 Å². The molecule has 1 aromatic rings. The van der Waals surface area contributed by atoms with E-state index in [1.54, 1.807) is 0 Å². The highest BCUT2D eigenvalue weighted by molar-refractivity contribution is 5.38. The van der Waals surface area contributed by atoms with E-state index in [4.69, 9.17) is 10.5 Å². The van der Waals surface area contributed by atoms with Crippen LogP contribution < -0.4 is 15.8 Å². The quantitative estimate of drug-likeness (QED) is 0.732. The van der Waals surface area contributed by atoms with Gasteiger partial charge in [0.25, 0.3) is 0 Å². The van der Waals surface area contributed by atoms with Crippen LogP contribution >= 0.6 is 0 Å². The van der Waals surface area contributed by atoms with Crippen LogP contribution in [0, 0.1) is 0 Å². The van der Waals surface area contributed by atoms with Crippen LogP contribution in [0.4, 0.5) is 5.82 Å². The lowest BCUT2D eigenvalue weighted by molar-refractivity contribution is 0.326. The van der Waals surface area contributed by atoms with Crippen LogP contribution in [0.5, 0.6) is 5.88 Å². The van der Waals surface area contributed by atoms with E-state index in [1.807, 2.05) is 13.0 Å². The molecule has 0 aromatic carbocycles. The minimum absolute atomic E-state index is 0.356. The van der Waals surface area contributed by atoms with E-state index in [0.29, 0.717) is 25.1 Å². The molecule has 0 fully saturated rings. The number of rotatable bonds is 7. The molecule has 0 saturated heterocycles. The first-order chi connectivity index (χ1) is 7.80. The van der Waals surface area contributed by atoms with Gasteiger partial charge in [-0.25, -0.2) is 9.97 Å². The Kier molecular flexibility index (Phi) is 5.56. The Labute approximate surface area is 96.4 Å². The van der Waals surface area contributed by atoms with E-state index in [0.717, 1.165) is 18.7 Å². The summed E-state index contributed by atoms with van der Waals surface area (Å²) in [6.07, 6.45) is 3.46. The molecule has 0 aliphatic carbocycles. The largest absolute Gasteiger partial charge is 0.478 e. The van der Waals surface area contributed by atoms with E-state index < -0.39 is 0 Å². The molecule has 0 aliphatic rings. The first-order valence-electron chi connectivity index (χ1n) is 5.71. The Morgan fingerprint density at radius 1 is 1.44 bits per heavy atom. The summed E-state index contributed by atoms with van der Waals surface area (Å²) in [5.74, 6) is 1.39. The minimum atomic E-state index is 0.356. The first-order valence-corrected chi connectivity index (χ1v) is 5.71. The molecule has 1 rings (SSSR count). The summed E-state index contributed by atoms with van der Waals surface area (Å²) in [7, 11) is 0. The molecular weight excluding hydrogens is 204 g/mol. The number of hydrogen-bond acceptors (Lipinski definition) is 5. The van der Waals surface area contributed by atoms with Crippen molar-refractivity contribution in [2.24, 2.45) is 5.73 Å². The standard InChI is InChI=1S/C11H20N4O/c1-3-9(5-6-12)15-10-7-11(16-4-2)14-8-13-10/h7-9H,3-6,12H2,1-2H3,(H,13,14,15). The van der Waals surface area contributed by atoms with Crippen molar-refractivity contribution in [3.8, 4) is 5.88 Å². The van der Waals surface area contributed by atoms with E-state index in [2.05, 4.69) is 22.2 Å². The fraction of sp³-hybridized carbons (Fsp3) is 0.636. The highest BCUT2D eigenvalue weighted by atomic mass is 16.5. The second-order valence-electron chi connectivity index (χ2n) is 3.50. The van der Waals surface area contributed by atoms with Gasteiger partial charge < -0.3 is 15.8 Å². The van der Waals surface area contributed by atoms with Gasteiger partial charge in [-0.2, -0.15) is 0 Å². The van der Waals surface area contributed by atoms with Crippen molar-refractivity contribution >= 4 is 5.82 Å². The Morgan fingerprint density at radius 2 is 2.25 bits per heavy atom. The Bertz CT molecular complexity index is 306. The van der Waals surface area contributed by atoms with Crippen LogP contribution in [0.25, 0.3) is 0 Å². The van der Waals surface area contributed by atoms with Crippen molar-refractivity contribution in [2.75, 3.05) is 18.5 Å². The zero-order valence-electron chi connectivity index (χ0n) is 9.94. The summed E-state index contributed by atoms with van der Waals surface area (Å²) < 4.78 is 5.31. The summed E-state index contributed by atoms with van der Waals surface area (Å²) >= 11 is 0. The number of hydrogen-bond donors (Lipinski definition) is 2. The first kappa shape index (κ1) is 12.7. The van der Waals surface area contributed by atoms with Crippen LogP contribution in [0.2, 0.25) is 0 Å². The molecule has 16 heavy (non-hydrogen) atoms. The lowest BCUT2D eigenvalue weighted by Crippen LogP contribution is -2.22. The fourth-order valence-electron chi connectivity index (χ4n) is 1.43. The molecule has 90 valence electrons. The number of aromatic nitrogens is 2. The monoisotopic (exact) mass is 224 g/mol. The zero-order valence-corrected chi connectivity index (χ0v) is 9.94. The summed E-state index contributed by atoms with van der Waals surface area (Å²) in [5, 5.41) is 3.32. The number of nitrogens with two attached hydrogens (primary N) is 1. The maximum absolute atomic E-state index is 5.54. The lowest BCUT2D eigenvalue weighted by atomic mass is 10.1. The van der Waals surface area contributed by atoms with E-state index >= 15 is 0 Å². The third kappa shape index (κ3) is 4.02. The maximum Gasteiger partial charge on any atom is 0.218 e. The van der Waals surface area contributed by atoms with E-state index in [1.165, 1.54) is 6.33 Å². The summed E-state index contributed by atoms with van der Waals surface area (Å²) in [5.41, 5.74) is 5.54. The number of nitrogens with one attached hydrogen (secondary N) is 1. The van der Waals surface area contributed by atoms with Crippen LogP contribution in [-0.4, -0.2) is 29.2 Å². The van der Waals surface area contributed by atoms with Gasteiger partial charge in [0.15, 0.2) is 0 Å². The molecule has 3 N–H and O–H groups in total. The second kappa shape index (κ2) is 7.00. The van der Waals surface area contributed by atoms with Gasteiger partial charge in [-0.05, 0) is 26.3 Å². The van der Waals surface area contributed by atoms with Crippen LogP contribution in [0.15, 0.2) is 12.4 Å². The number of nitrogens with zero attached hydrogens (tertiary/aromatic N) is 2. The Hall–Kier alpha value is -1.36. The smallest absolute Gasteiger partial charge is 0.218 e. The average molecular weight is 224 g/mol. The summed E-state index contributed by atoms with van der Waals surface area (Å²) in [6.45, 7) is 5.34. The molecule has 0 bridgehead atoms. The number of anilines is 1. The molecule has 1 unspecified atom stereocenters. The van der Waals surface area contributed by atoms with Gasteiger partial charge in [-0.3, -0.25) is 0 Å². The van der Waals surface area contributed by atoms with Crippen molar-refractivity contribution < 1.29 is 4.74 Å². The normalized spacial score (nSPS) is 12.2. The molecular formula is C11H20N4O. The fourth-order valence-corrected chi connectivity index (χ4v) is 1.43. The highest BCUT2D eigenvalue weighted by Gasteiger charge is 2.06. The Balaban J connectivity index is 2.60. The molecule has 0 saturated carbocycles. The highest BCUT2D eigenvalue weighted by Crippen LogP contribution is 2.13.